The first-order valence-electron chi connectivity index (χ1n) is 6.71. The van der Waals surface area contributed by atoms with Crippen LogP contribution < -0.4 is 15.8 Å². The van der Waals surface area contributed by atoms with Gasteiger partial charge in [0.15, 0.2) is 11.6 Å². The molecule has 0 amide bonds. The minimum atomic E-state index is -0.377. The zero-order chi connectivity index (χ0) is 14.6. The maximum absolute atomic E-state index is 13.7. The first kappa shape index (κ1) is 14.4. The number of halogens is 1. The molecule has 0 aromatic heterocycles. The van der Waals surface area contributed by atoms with Crippen LogP contribution >= 0.6 is 0 Å². The van der Waals surface area contributed by atoms with E-state index in [9.17, 15) is 4.39 Å². The Bertz CT molecular complexity index is 501. The van der Waals surface area contributed by atoms with Gasteiger partial charge in [0, 0.05) is 24.7 Å². The van der Waals surface area contributed by atoms with Crippen LogP contribution in [0.4, 0.5) is 10.1 Å². The lowest BCUT2D eigenvalue weighted by molar-refractivity contribution is 0.315. The Labute approximate surface area is 117 Å². The predicted octanol–water partition coefficient (Wildman–Crippen LogP) is 2.55. The molecule has 0 radical (unpaired) electrons. The Morgan fingerprint density at radius 2 is 2.30 bits per heavy atom. The number of ether oxygens (including phenoxy) is 1. The third kappa shape index (κ3) is 3.53. The number of nitrogens with two attached hydrogens (primary N) is 1. The monoisotopic (exact) mass is 281 g/mol. The Balaban J connectivity index is 1.93. The van der Waals surface area contributed by atoms with Crippen molar-refractivity contribution in [1.82, 2.24) is 0 Å². The lowest BCUT2D eigenvalue weighted by atomic mass is 10.0. The molecular formula is C14H20FN3O2. The van der Waals surface area contributed by atoms with Crippen LogP contribution in [0.1, 0.15) is 26.2 Å². The van der Waals surface area contributed by atoms with Gasteiger partial charge in [-0.2, -0.15) is 0 Å². The molecule has 1 saturated carbocycles. The van der Waals surface area contributed by atoms with Crippen LogP contribution in [0, 0.1) is 11.2 Å². The van der Waals surface area contributed by atoms with Crippen LogP contribution in [0.2, 0.25) is 0 Å². The molecule has 2 rings (SSSR count). The molecule has 110 valence electrons. The van der Waals surface area contributed by atoms with Gasteiger partial charge in [-0.05, 0) is 37.3 Å². The van der Waals surface area contributed by atoms with Crippen molar-refractivity contribution in [3.63, 3.8) is 0 Å². The quantitative estimate of drug-likeness (QED) is 0.310. The predicted molar refractivity (Wildman–Crippen MR) is 75.8 cm³/mol. The Morgan fingerprint density at radius 3 is 2.85 bits per heavy atom. The Morgan fingerprint density at radius 1 is 1.55 bits per heavy atom. The van der Waals surface area contributed by atoms with E-state index in [0.29, 0.717) is 25.3 Å². The van der Waals surface area contributed by atoms with Gasteiger partial charge in [0.2, 0.25) is 0 Å². The maximum Gasteiger partial charge on any atom is 0.167 e. The standard InChI is InChI=1S/C14H20FN3O2/c1-2-20-12-4-3-10(7-11(12)15)17-9-14(5-6-14)8-13(16)18-19/h3-4,7,17,19H,2,5-6,8-9H2,1H3,(H2,16,18). The second kappa shape index (κ2) is 5.98. The lowest BCUT2D eigenvalue weighted by Crippen LogP contribution is -2.23. The van der Waals surface area contributed by atoms with Crippen LogP contribution in [-0.4, -0.2) is 24.2 Å². The summed E-state index contributed by atoms with van der Waals surface area (Å²) in [6, 6.07) is 4.82. The van der Waals surface area contributed by atoms with E-state index in [2.05, 4.69) is 10.5 Å². The second-order valence-electron chi connectivity index (χ2n) is 5.20. The molecule has 1 aliphatic carbocycles. The largest absolute Gasteiger partial charge is 0.491 e. The van der Waals surface area contributed by atoms with Gasteiger partial charge >= 0.3 is 0 Å². The molecule has 0 atom stereocenters. The Hall–Kier alpha value is -1.98. The van der Waals surface area contributed by atoms with Crippen molar-refractivity contribution in [3.8, 4) is 5.75 Å². The van der Waals surface area contributed by atoms with Gasteiger partial charge in [0.1, 0.15) is 5.84 Å². The molecule has 1 aliphatic rings. The lowest BCUT2D eigenvalue weighted by Gasteiger charge is -2.16. The number of oxime groups is 1. The van der Waals surface area contributed by atoms with Crippen LogP contribution in [0.15, 0.2) is 23.4 Å². The molecule has 1 aromatic rings. The van der Waals surface area contributed by atoms with E-state index in [1.807, 2.05) is 6.92 Å². The minimum absolute atomic E-state index is 0.0331. The highest BCUT2D eigenvalue weighted by molar-refractivity contribution is 5.80. The first-order valence-corrected chi connectivity index (χ1v) is 6.71. The summed E-state index contributed by atoms with van der Waals surface area (Å²) in [6.45, 7) is 2.93. The highest BCUT2D eigenvalue weighted by atomic mass is 19.1. The normalized spacial score (nSPS) is 16.8. The molecule has 0 saturated heterocycles. The molecule has 4 N–H and O–H groups in total. The van der Waals surface area contributed by atoms with E-state index in [1.165, 1.54) is 6.07 Å². The SMILES string of the molecule is CCOc1ccc(NCC2(C/C(N)=N/O)CC2)cc1F. The molecule has 0 spiro atoms. The minimum Gasteiger partial charge on any atom is -0.491 e. The van der Waals surface area contributed by atoms with Crippen molar-refractivity contribution >= 4 is 11.5 Å². The molecule has 1 fully saturated rings. The highest BCUT2D eigenvalue weighted by Gasteiger charge is 2.43. The van der Waals surface area contributed by atoms with E-state index in [4.69, 9.17) is 15.7 Å². The van der Waals surface area contributed by atoms with Gasteiger partial charge < -0.3 is 21.0 Å². The smallest absolute Gasteiger partial charge is 0.167 e. The molecule has 6 heteroatoms. The van der Waals surface area contributed by atoms with Crippen LogP contribution in [0.5, 0.6) is 5.75 Å². The van der Waals surface area contributed by atoms with Gasteiger partial charge in [-0.25, -0.2) is 4.39 Å². The number of nitrogens with zero attached hydrogens (tertiary/aromatic N) is 1. The van der Waals surface area contributed by atoms with Gasteiger partial charge in [0.25, 0.3) is 0 Å². The summed E-state index contributed by atoms with van der Waals surface area (Å²) in [4.78, 5) is 0. The summed E-state index contributed by atoms with van der Waals surface area (Å²) in [6.07, 6.45) is 2.60. The van der Waals surface area contributed by atoms with Crippen molar-refractivity contribution in [2.24, 2.45) is 16.3 Å². The molecule has 0 heterocycles. The fourth-order valence-electron chi connectivity index (χ4n) is 2.19. The summed E-state index contributed by atoms with van der Waals surface area (Å²) in [5, 5.41) is 14.8. The first-order chi connectivity index (χ1) is 9.58. The number of benzene rings is 1. The summed E-state index contributed by atoms with van der Waals surface area (Å²) in [5.74, 6) is 0.121. The van der Waals surface area contributed by atoms with E-state index >= 15 is 0 Å². The zero-order valence-corrected chi connectivity index (χ0v) is 11.5. The van der Waals surface area contributed by atoms with Crippen LogP contribution in [0.25, 0.3) is 0 Å². The molecule has 1 aromatic carbocycles. The fourth-order valence-corrected chi connectivity index (χ4v) is 2.19. The number of hydrogen-bond acceptors (Lipinski definition) is 4. The zero-order valence-electron chi connectivity index (χ0n) is 11.5. The molecule has 0 unspecified atom stereocenters. The topological polar surface area (TPSA) is 79.9 Å². The number of nitrogens with one attached hydrogen (secondary N) is 1. The molecular weight excluding hydrogens is 261 g/mol. The van der Waals surface area contributed by atoms with E-state index in [0.717, 1.165) is 12.8 Å². The van der Waals surface area contributed by atoms with Crippen molar-refractivity contribution in [2.45, 2.75) is 26.2 Å². The van der Waals surface area contributed by atoms with Crippen molar-refractivity contribution in [2.75, 3.05) is 18.5 Å². The Kier molecular flexibility index (Phi) is 4.32. The van der Waals surface area contributed by atoms with Crippen LogP contribution in [-0.2, 0) is 0 Å². The summed E-state index contributed by atoms with van der Waals surface area (Å²) in [7, 11) is 0. The highest BCUT2D eigenvalue weighted by Crippen LogP contribution is 2.48. The third-order valence-corrected chi connectivity index (χ3v) is 3.54. The van der Waals surface area contributed by atoms with Crippen LogP contribution in [0.3, 0.4) is 0 Å². The summed E-state index contributed by atoms with van der Waals surface area (Å²) in [5.41, 5.74) is 6.28. The maximum atomic E-state index is 13.7. The average molecular weight is 281 g/mol. The number of rotatable bonds is 7. The number of amidine groups is 1. The molecule has 5 nitrogen and oxygen atoms in total. The van der Waals surface area contributed by atoms with Gasteiger partial charge in [-0.1, -0.05) is 5.16 Å². The number of hydrogen-bond donors (Lipinski definition) is 3. The van der Waals surface area contributed by atoms with Crippen molar-refractivity contribution in [1.29, 1.82) is 0 Å². The van der Waals surface area contributed by atoms with E-state index in [1.54, 1.807) is 12.1 Å². The van der Waals surface area contributed by atoms with Gasteiger partial charge in [-0.3, -0.25) is 0 Å². The summed E-state index contributed by atoms with van der Waals surface area (Å²) < 4.78 is 18.9. The third-order valence-electron chi connectivity index (χ3n) is 3.54. The molecule has 20 heavy (non-hydrogen) atoms. The molecule has 0 aliphatic heterocycles. The van der Waals surface area contributed by atoms with E-state index in [-0.39, 0.29) is 22.8 Å². The van der Waals surface area contributed by atoms with Gasteiger partial charge in [0.05, 0.1) is 6.61 Å². The average Bonchev–Trinajstić information content (AvgIpc) is 3.19. The second-order valence-corrected chi connectivity index (χ2v) is 5.20. The van der Waals surface area contributed by atoms with E-state index < -0.39 is 0 Å². The number of anilines is 1. The van der Waals surface area contributed by atoms with Crippen molar-refractivity contribution in [3.05, 3.63) is 24.0 Å². The van der Waals surface area contributed by atoms with Gasteiger partial charge in [-0.15, -0.1) is 0 Å². The summed E-state index contributed by atoms with van der Waals surface area (Å²) >= 11 is 0. The fraction of sp³-hybridized carbons (Fsp3) is 0.500. The molecule has 0 bridgehead atoms. The van der Waals surface area contributed by atoms with Crippen molar-refractivity contribution < 1.29 is 14.3 Å².